The zero-order valence-corrected chi connectivity index (χ0v) is 37.8. The van der Waals surface area contributed by atoms with Crippen LogP contribution in [0.5, 0.6) is 0 Å². The lowest BCUT2D eigenvalue weighted by Crippen LogP contribution is -2.50. The number of hydrogen-bond acceptors (Lipinski definition) is 6. The summed E-state index contributed by atoms with van der Waals surface area (Å²) < 4.78 is 17.3. The zero-order valence-electron chi connectivity index (χ0n) is 37.8. The number of nitrogens with zero attached hydrogens (tertiary/aromatic N) is 1. The largest absolute Gasteiger partial charge is 0.477 e. The van der Waals surface area contributed by atoms with Crippen LogP contribution in [-0.2, 0) is 28.6 Å². The van der Waals surface area contributed by atoms with E-state index in [9.17, 15) is 19.5 Å². The first-order chi connectivity index (χ1) is 27.6. The monoisotopic (exact) mass is 805 g/mol. The predicted molar refractivity (Wildman–Crippen MR) is 238 cm³/mol. The van der Waals surface area contributed by atoms with Crippen LogP contribution in [0.1, 0.15) is 206 Å². The maximum absolute atomic E-state index is 12.7. The number of carboxylic acid groups (broad SMARTS) is 1. The lowest BCUT2D eigenvalue weighted by Gasteiger charge is -2.31. The maximum atomic E-state index is 12.7. The van der Waals surface area contributed by atoms with Crippen molar-refractivity contribution in [3.8, 4) is 0 Å². The fraction of sp³-hybridized carbons (Fsp3) is 0.816. The van der Waals surface area contributed by atoms with Gasteiger partial charge in [-0.25, -0.2) is 4.79 Å². The number of aliphatic carboxylic acids is 1. The van der Waals surface area contributed by atoms with Gasteiger partial charge in [0, 0.05) is 19.3 Å². The van der Waals surface area contributed by atoms with Crippen molar-refractivity contribution in [2.45, 2.75) is 219 Å². The summed E-state index contributed by atoms with van der Waals surface area (Å²) in [6.07, 6.45) is 46.2. The molecule has 0 aromatic heterocycles. The first-order valence-electron chi connectivity index (χ1n) is 23.5. The van der Waals surface area contributed by atoms with Crippen LogP contribution in [0.2, 0.25) is 0 Å². The summed E-state index contributed by atoms with van der Waals surface area (Å²) in [6.45, 7) is 4.62. The highest BCUT2D eigenvalue weighted by Gasteiger charge is 2.31. The Labute approximate surface area is 351 Å². The van der Waals surface area contributed by atoms with Crippen LogP contribution in [0.15, 0.2) is 36.5 Å². The van der Waals surface area contributed by atoms with Crippen molar-refractivity contribution in [3.05, 3.63) is 36.5 Å². The van der Waals surface area contributed by atoms with Crippen molar-refractivity contribution in [1.82, 2.24) is 0 Å². The van der Waals surface area contributed by atoms with Gasteiger partial charge in [0.1, 0.15) is 6.61 Å². The highest BCUT2D eigenvalue weighted by Crippen LogP contribution is 2.16. The molecule has 0 aliphatic carbocycles. The third-order valence-corrected chi connectivity index (χ3v) is 10.6. The Balaban J connectivity index is 4.27. The van der Waals surface area contributed by atoms with E-state index in [1.54, 1.807) is 0 Å². The Bertz CT molecular complexity index is 1030. The molecule has 0 bridgehead atoms. The smallest absolute Gasteiger partial charge is 0.362 e. The minimum absolute atomic E-state index is 0.0543. The van der Waals surface area contributed by atoms with Gasteiger partial charge in [-0.1, -0.05) is 179 Å². The molecule has 2 atom stereocenters. The number of rotatable bonds is 42. The van der Waals surface area contributed by atoms with Crippen molar-refractivity contribution in [2.75, 3.05) is 41.0 Å². The topological polar surface area (TPSA) is 99.1 Å². The molecule has 57 heavy (non-hydrogen) atoms. The van der Waals surface area contributed by atoms with Crippen LogP contribution in [-0.4, -0.2) is 80.6 Å². The fourth-order valence-corrected chi connectivity index (χ4v) is 6.93. The lowest BCUT2D eigenvalue weighted by molar-refractivity contribution is -0.887. The van der Waals surface area contributed by atoms with Crippen molar-refractivity contribution in [1.29, 1.82) is 0 Å². The molecule has 0 fully saturated rings. The Hall–Kier alpha value is -2.45. The third-order valence-electron chi connectivity index (χ3n) is 10.6. The average Bonchev–Trinajstić information content (AvgIpc) is 3.17. The lowest BCUT2D eigenvalue weighted by atomic mass is 10.0. The number of carbonyl (C=O) groups is 3. The molecule has 0 aliphatic rings. The number of quaternary nitrogens is 1. The zero-order chi connectivity index (χ0) is 42.1. The summed E-state index contributed by atoms with van der Waals surface area (Å²) in [4.78, 5) is 37.0. The molecule has 0 heterocycles. The van der Waals surface area contributed by atoms with E-state index >= 15 is 0 Å². The predicted octanol–water partition coefficient (Wildman–Crippen LogP) is 13.0. The van der Waals surface area contributed by atoms with Gasteiger partial charge in [0.15, 0.2) is 12.1 Å². The van der Waals surface area contributed by atoms with Crippen LogP contribution in [0.4, 0.5) is 0 Å². The van der Waals surface area contributed by atoms with E-state index in [0.717, 1.165) is 70.6 Å². The van der Waals surface area contributed by atoms with Gasteiger partial charge in [0.2, 0.25) is 0 Å². The fourth-order valence-electron chi connectivity index (χ4n) is 6.93. The van der Waals surface area contributed by atoms with E-state index in [0.29, 0.717) is 19.3 Å². The summed E-state index contributed by atoms with van der Waals surface area (Å²) in [6, 6.07) is -0.617. The molecule has 332 valence electrons. The molecule has 0 saturated heterocycles. The molecular weight excluding hydrogens is 715 g/mol. The number of likely N-dealkylation sites (N-methyl/N-ethyl adjacent to an activating group) is 1. The second-order valence-electron chi connectivity index (χ2n) is 17.0. The third kappa shape index (κ3) is 38.8. The maximum Gasteiger partial charge on any atom is 0.362 e. The highest BCUT2D eigenvalue weighted by molar-refractivity contribution is 5.72. The summed E-state index contributed by atoms with van der Waals surface area (Å²) >= 11 is 0. The molecule has 1 N–H and O–H groups in total. The minimum atomic E-state index is -0.878. The van der Waals surface area contributed by atoms with Gasteiger partial charge in [0.05, 0.1) is 34.4 Å². The molecular formula is C49H90NO7+. The first kappa shape index (κ1) is 54.6. The number of carbonyl (C=O) groups excluding carboxylic acids is 2. The molecule has 0 aliphatic heterocycles. The van der Waals surface area contributed by atoms with Crippen molar-refractivity contribution in [3.63, 3.8) is 0 Å². The number of carboxylic acids is 1. The van der Waals surface area contributed by atoms with E-state index in [2.05, 4.69) is 50.3 Å². The number of ether oxygens (including phenoxy) is 3. The second-order valence-corrected chi connectivity index (χ2v) is 17.0. The van der Waals surface area contributed by atoms with Gasteiger partial charge in [-0.05, 0) is 44.9 Å². The Kier molecular flexibility index (Phi) is 38.6. The molecule has 0 spiro atoms. The van der Waals surface area contributed by atoms with Gasteiger partial charge >= 0.3 is 17.9 Å². The molecule has 0 aromatic rings. The summed E-state index contributed by atoms with van der Waals surface area (Å²) in [5.41, 5.74) is 0. The number of hydrogen-bond donors (Lipinski definition) is 1. The Morgan fingerprint density at radius 1 is 0.544 bits per heavy atom. The van der Waals surface area contributed by atoms with Crippen molar-refractivity contribution in [2.24, 2.45) is 0 Å². The Morgan fingerprint density at radius 2 is 0.982 bits per heavy atom. The number of allylic oxidation sites excluding steroid dienone is 6. The highest BCUT2D eigenvalue weighted by atomic mass is 16.6. The molecule has 0 rings (SSSR count). The summed E-state index contributed by atoms with van der Waals surface area (Å²) in [5, 5.41) is 9.63. The SMILES string of the molecule is CC/C=C/C/C=C/C/C=C/CCCCCCC(=O)OC(COCCC(C(=O)O)[N+](C)(C)C)COC(=O)CCCCCCCCCCCCCCCCCCCCC. The molecule has 8 nitrogen and oxygen atoms in total. The van der Waals surface area contributed by atoms with Crippen LogP contribution < -0.4 is 0 Å². The van der Waals surface area contributed by atoms with E-state index in [1.165, 1.54) is 103 Å². The summed E-state index contributed by atoms with van der Waals surface area (Å²) in [7, 11) is 5.52. The number of unbranched alkanes of at least 4 members (excludes halogenated alkanes) is 22. The van der Waals surface area contributed by atoms with Crippen molar-refractivity contribution >= 4 is 17.9 Å². The van der Waals surface area contributed by atoms with Crippen LogP contribution in [0, 0.1) is 0 Å². The quantitative estimate of drug-likeness (QED) is 0.0284. The van der Waals surface area contributed by atoms with Gasteiger partial charge in [-0.3, -0.25) is 9.59 Å². The van der Waals surface area contributed by atoms with Crippen LogP contribution in [0.25, 0.3) is 0 Å². The molecule has 2 unspecified atom stereocenters. The van der Waals surface area contributed by atoms with Crippen LogP contribution in [0.3, 0.4) is 0 Å². The average molecular weight is 805 g/mol. The standard InChI is InChI=1S/C49H89NO7/c1-6-8-10-12-14-16-18-20-22-23-24-25-26-28-29-31-33-35-37-39-47(51)56-44-45(43-55-42-41-46(49(53)54)50(3,4)5)57-48(52)40-38-36-34-32-30-27-21-19-17-15-13-11-9-7-2/h9,11,15,17,21,27,45-46H,6-8,10,12-14,16,18-20,22-26,28-44H2,1-5H3/p+1/b11-9+,17-15+,27-21+. The van der Waals surface area contributed by atoms with Gasteiger partial charge < -0.3 is 23.8 Å². The van der Waals surface area contributed by atoms with E-state index < -0.39 is 18.1 Å². The van der Waals surface area contributed by atoms with Gasteiger partial charge in [-0.2, -0.15) is 0 Å². The molecule has 8 heteroatoms. The second kappa shape index (κ2) is 40.3. The summed E-state index contributed by atoms with van der Waals surface area (Å²) in [5.74, 6) is -1.49. The van der Waals surface area contributed by atoms with E-state index in [1.807, 2.05) is 21.1 Å². The van der Waals surface area contributed by atoms with Gasteiger partial charge in [-0.15, -0.1) is 0 Å². The van der Waals surface area contributed by atoms with Crippen molar-refractivity contribution < 1.29 is 38.2 Å². The molecule has 0 aromatic carbocycles. The van der Waals surface area contributed by atoms with E-state index in [-0.39, 0.29) is 36.2 Å². The first-order valence-corrected chi connectivity index (χ1v) is 23.5. The normalized spacial score (nSPS) is 13.2. The molecule has 0 amide bonds. The van der Waals surface area contributed by atoms with Gasteiger partial charge in [0.25, 0.3) is 0 Å². The van der Waals surface area contributed by atoms with E-state index in [4.69, 9.17) is 14.2 Å². The molecule has 0 saturated carbocycles. The van der Waals surface area contributed by atoms with Crippen LogP contribution >= 0.6 is 0 Å². The Morgan fingerprint density at radius 3 is 1.46 bits per heavy atom. The molecule has 0 radical (unpaired) electrons. The minimum Gasteiger partial charge on any atom is -0.477 e. The number of esters is 2.